The van der Waals surface area contributed by atoms with E-state index in [-0.39, 0.29) is 12.3 Å². The lowest BCUT2D eigenvalue weighted by Crippen LogP contribution is -2.28. The first kappa shape index (κ1) is 12.8. The quantitative estimate of drug-likeness (QED) is 0.930. The molecule has 0 saturated carbocycles. The molecule has 0 atom stereocenters. The minimum absolute atomic E-state index is 0.157. The van der Waals surface area contributed by atoms with Crippen molar-refractivity contribution >= 4 is 16.1 Å². The largest absolute Gasteiger partial charge is 0.489 e. The number of hydrogen-bond acceptors (Lipinski definition) is 5. The van der Waals surface area contributed by atoms with Crippen molar-refractivity contribution in [3.8, 4) is 23.2 Å². The highest BCUT2D eigenvalue weighted by Gasteiger charge is 2.19. The van der Waals surface area contributed by atoms with Gasteiger partial charge in [0.2, 0.25) is 0 Å². The summed E-state index contributed by atoms with van der Waals surface area (Å²) in [7, 11) is 0. The van der Waals surface area contributed by atoms with Gasteiger partial charge in [-0.25, -0.2) is 0 Å². The van der Waals surface area contributed by atoms with E-state index in [1.165, 1.54) is 0 Å². The molecule has 0 spiro atoms. The number of hydrogen-bond donors (Lipinski definition) is 1. The van der Waals surface area contributed by atoms with Crippen molar-refractivity contribution in [3.63, 3.8) is 0 Å². The van der Waals surface area contributed by atoms with Crippen LogP contribution in [0.1, 0.15) is 19.5 Å². The second-order valence-electron chi connectivity index (χ2n) is 4.48. The fourth-order valence-electron chi connectivity index (χ4n) is 1.39. The lowest BCUT2D eigenvalue weighted by atomic mass is 10.2. The second-order valence-corrected chi connectivity index (χ2v) is 5.25. The second kappa shape index (κ2) is 4.55. The number of aliphatic hydroxyl groups is 1. The molecule has 6 nitrogen and oxygen atoms in total. The predicted molar refractivity (Wildman–Crippen MR) is 67.5 cm³/mol. The van der Waals surface area contributed by atoms with Crippen molar-refractivity contribution in [2.75, 3.05) is 6.61 Å². The summed E-state index contributed by atoms with van der Waals surface area (Å²) in [6, 6.07) is 3.63. The SMILES string of the molecule is CC(C)(O)COc1cc2nnc(C#N)c-2n(Br)c1. The summed E-state index contributed by atoms with van der Waals surface area (Å²) in [5.74, 6) is 0.533. The molecule has 0 aliphatic carbocycles. The van der Waals surface area contributed by atoms with Crippen LogP contribution in [-0.4, -0.2) is 31.1 Å². The summed E-state index contributed by atoms with van der Waals surface area (Å²) in [5.41, 5.74) is 0.474. The van der Waals surface area contributed by atoms with Crippen LogP contribution >= 0.6 is 16.1 Å². The summed E-state index contributed by atoms with van der Waals surface area (Å²) in [5, 5.41) is 26.1. The molecule has 1 N–H and O–H groups in total. The molecule has 0 bridgehead atoms. The Hall–Kier alpha value is -1.65. The summed E-state index contributed by atoms with van der Waals surface area (Å²) in [6.45, 7) is 3.47. The average Bonchev–Trinajstić information content (AvgIpc) is 2.69. The summed E-state index contributed by atoms with van der Waals surface area (Å²) < 4.78 is 7.01. The lowest BCUT2D eigenvalue weighted by Gasteiger charge is -2.18. The normalized spacial score (nSPS) is 11.5. The summed E-state index contributed by atoms with van der Waals surface area (Å²) in [6.07, 6.45) is 1.65. The van der Waals surface area contributed by atoms with E-state index in [9.17, 15) is 5.11 Å². The smallest absolute Gasteiger partial charge is 0.189 e. The van der Waals surface area contributed by atoms with Crippen molar-refractivity contribution in [1.82, 2.24) is 13.8 Å². The van der Waals surface area contributed by atoms with Gasteiger partial charge in [0.05, 0.1) is 27.9 Å². The standard InChI is InChI=1S/C11H11BrN4O2/c1-11(2,17)6-18-7-3-8-10(16(12)5-7)9(4-13)15-14-8/h3,5,17H,6H2,1-2H3. The Balaban J connectivity index is 2.33. The number of nitrogens with zero attached hydrogens (tertiary/aromatic N) is 4. The topological polar surface area (TPSA) is 84.0 Å². The molecule has 0 aromatic rings. The van der Waals surface area contributed by atoms with Crippen LogP contribution in [0.25, 0.3) is 11.4 Å². The maximum absolute atomic E-state index is 9.59. The minimum Gasteiger partial charge on any atom is -0.489 e. The van der Waals surface area contributed by atoms with Crippen molar-refractivity contribution in [3.05, 3.63) is 18.0 Å². The van der Waals surface area contributed by atoms with Crippen LogP contribution in [0.2, 0.25) is 0 Å². The van der Waals surface area contributed by atoms with Gasteiger partial charge in [-0.05, 0) is 13.8 Å². The van der Waals surface area contributed by atoms with Crippen LogP contribution in [0.4, 0.5) is 0 Å². The third-order valence-electron chi connectivity index (χ3n) is 2.16. The monoisotopic (exact) mass is 310 g/mol. The number of halogens is 1. The Labute approximate surface area is 112 Å². The number of rotatable bonds is 3. The van der Waals surface area contributed by atoms with E-state index in [0.717, 1.165) is 0 Å². The highest BCUT2D eigenvalue weighted by Crippen LogP contribution is 2.29. The molecular formula is C11H11BrN4O2. The van der Waals surface area contributed by atoms with Crippen LogP contribution in [0.5, 0.6) is 5.75 Å². The average molecular weight is 311 g/mol. The van der Waals surface area contributed by atoms with Gasteiger partial charge in [-0.1, -0.05) is 0 Å². The third kappa shape index (κ3) is 2.60. The number of aromatic nitrogens is 3. The molecule has 0 saturated heterocycles. The molecule has 2 rings (SSSR count). The maximum Gasteiger partial charge on any atom is 0.189 e. The zero-order chi connectivity index (χ0) is 13.3. The van der Waals surface area contributed by atoms with Crippen molar-refractivity contribution in [1.29, 1.82) is 5.26 Å². The van der Waals surface area contributed by atoms with Crippen molar-refractivity contribution in [2.24, 2.45) is 0 Å². The van der Waals surface area contributed by atoms with Crippen LogP contribution in [0.15, 0.2) is 12.3 Å². The first-order valence-electron chi connectivity index (χ1n) is 5.21. The molecule has 0 aromatic carbocycles. The molecule has 2 heterocycles. The van der Waals surface area contributed by atoms with Gasteiger partial charge < -0.3 is 9.84 Å². The Kier molecular flexibility index (Phi) is 3.24. The fraction of sp³-hybridized carbons (Fsp3) is 0.364. The van der Waals surface area contributed by atoms with E-state index < -0.39 is 5.60 Å². The molecule has 0 aromatic heterocycles. The van der Waals surface area contributed by atoms with Crippen LogP contribution in [-0.2, 0) is 0 Å². The highest BCUT2D eigenvalue weighted by molar-refractivity contribution is 9.08. The van der Waals surface area contributed by atoms with E-state index in [1.807, 2.05) is 6.07 Å². The molecule has 0 radical (unpaired) electrons. The number of nitriles is 1. The third-order valence-corrected chi connectivity index (χ3v) is 2.72. The predicted octanol–water partition coefficient (Wildman–Crippen LogP) is 1.56. The van der Waals surface area contributed by atoms with Crippen molar-refractivity contribution in [2.45, 2.75) is 19.4 Å². The Morgan fingerprint density at radius 1 is 1.56 bits per heavy atom. The van der Waals surface area contributed by atoms with E-state index in [2.05, 4.69) is 26.3 Å². The van der Waals surface area contributed by atoms with Crippen LogP contribution < -0.4 is 4.74 Å². The van der Waals surface area contributed by atoms with Gasteiger partial charge in [0.25, 0.3) is 0 Å². The molecule has 0 amide bonds. The number of ether oxygens (including phenoxy) is 1. The van der Waals surface area contributed by atoms with Crippen molar-refractivity contribution < 1.29 is 9.84 Å². The van der Waals surface area contributed by atoms with Gasteiger partial charge in [0.1, 0.15) is 29.8 Å². The molecule has 2 aliphatic heterocycles. The highest BCUT2D eigenvalue weighted by atomic mass is 79.9. The van der Waals surface area contributed by atoms with E-state index in [4.69, 9.17) is 10.00 Å². The Morgan fingerprint density at radius 3 is 2.89 bits per heavy atom. The number of pyridine rings is 1. The zero-order valence-corrected chi connectivity index (χ0v) is 11.5. The molecule has 18 heavy (non-hydrogen) atoms. The summed E-state index contributed by atoms with van der Waals surface area (Å²) >= 11 is 3.28. The fourth-order valence-corrected chi connectivity index (χ4v) is 1.94. The van der Waals surface area contributed by atoms with E-state index in [1.54, 1.807) is 29.7 Å². The Morgan fingerprint density at radius 2 is 2.28 bits per heavy atom. The van der Waals surface area contributed by atoms with Gasteiger partial charge in [-0.15, -0.1) is 10.2 Å². The number of fused-ring (bicyclic) bond motifs is 1. The van der Waals surface area contributed by atoms with Gasteiger partial charge in [0.15, 0.2) is 5.69 Å². The van der Waals surface area contributed by atoms with Gasteiger partial charge in [-0.2, -0.15) is 5.26 Å². The van der Waals surface area contributed by atoms with Gasteiger partial charge in [-0.3, -0.25) is 3.59 Å². The van der Waals surface area contributed by atoms with E-state index in [0.29, 0.717) is 17.1 Å². The maximum atomic E-state index is 9.59. The first-order chi connectivity index (χ1) is 8.40. The molecule has 94 valence electrons. The molecule has 2 aliphatic rings. The first-order valence-corrected chi connectivity index (χ1v) is 5.92. The van der Waals surface area contributed by atoms with Crippen LogP contribution in [0, 0.1) is 11.3 Å². The lowest BCUT2D eigenvalue weighted by molar-refractivity contribution is 0.0283. The van der Waals surface area contributed by atoms with Crippen LogP contribution in [0.3, 0.4) is 0 Å². The molecule has 7 heteroatoms. The summed E-state index contributed by atoms with van der Waals surface area (Å²) in [4.78, 5) is 0. The molecule has 0 unspecified atom stereocenters. The zero-order valence-electron chi connectivity index (χ0n) is 9.88. The minimum atomic E-state index is -0.915. The van der Waals surface area contributed by atoms with Gasteiger partial charge >= 0.3 is 0 Å². The van der Waals surface area contributed by atoms with Gasteiger partial charge in [0, 0.05) is 6.07 Å². The molecule has 0 fully saturated rings. The Bertz CT molecular complexity index is 582. The molecular weight excluding hydrogens is 300 g/mol. The van der Waals surface area contributed by atoms with E-state index >= 15 is 0 Å².